The van der Waals surface area contributed by atoms with Crippen molar-refractivity contribution in [2.45, 2.75) is 11.3 Å². The number of rotatable bonds is 2. The van der Waals surface area contributed by atoms with Gasteiger partial charge in [0.05, 0.1) is 4.90 Å². The second-order valence-electron chi connectivity index (χ2n) is 2.23. The molecule has 0 aliphatic rings. The summed E-state index contributed by atoms with van der Waals surface area (Å²) >= 11 is -2.75. The molecular formula is C7H4F3LiO3S. The van der Waals surface area contributed by atoms with E-state index < -0.39 is 28.1 Å². The van der Waals surface area contributed by atoms with Crippen LogP contribution in [0.5, 0.6) is 5.75 Å². The van der Waals surface area contributed by atoms with Crippen LogP contribution in [0.1, 0.15) is 0 Å². The number of hydrogen-bond acceptors (Lipinski definition) is 3. The summed E-state index contributed by atoms with van der Waals surface area (Å²) in [5.41, 5.74) is 0. The second kappa shape index (κ2) is 5.56. The van der Waals surface area contributed by atoms with Crippen molar-refractivity contribution in [3.63, 3.8) is 0 Å². The van der Waals surface area contributed by atoms with Crippen LogP contribution < -0.4 is 23.6 Å². The molecule has 0 spiro atoms. The third-order valence-electron chi connectivity index (χ3n) is 1.25. The maximum Gasteiger partial charge on any atom is 1.00 e. The number of ether oxygens (including phenoxy) is 1. The van der Waals surface area contributed by atoms with Crippen molar-refractivity contribution >= 4 is 11.1 Å². The summed E-state index contributed by atoms with van der Waals surface area (Å²) in [6, 6.07) is 4.49. The van der Waals surface area contributed by atoms with E-state index in [-0.39, 0.29) is 18.9 Å². The van der Waals surface area contributed by atoms with Gasteiger partial charge in [0.15, 0.2) is 0 Å². The molecule has 0 bridgehead atoms. The maximum atomic E-state index is 11.8. The van der Waals surface area contributed by atoms with Gasteiger partial charge >= 0.3 is 25.2 Å². The van der Waals surface area contributed by atoms with Crippen LogP contribution in [0, 0.1) is 0 Å². The van der Waals surface area contributed by atoms with Crippen molar-refractivity contribution in [3.05, 3.63) is 24.3 Å². The van der Waals surface area contributed by atoms with Crippen LogP contribution in [0.25, 0.3) is 0 Å². The van der Waals surface area contributed by atoms with Crippen molar-refractivity contribution in [2.24, 2.45) is 0 Å². The van der Waals surface area contributed by atoms with E-state index in [9.17, 15) is 21.9 Å². The Morgan fingerprint density at radius 1 is 1.27 bits per heavy atom. The largest absolute Gasteiger partial charge is 1.00 e. The van der Waals surface area contributed by atoms with Gasteiger partial charge in [-0.3, -0.25) is 4.21 Å². The Bertz CT molecular complexity index is 356. The summed E-state index contributed by atoms with van der Waals surface area (Å²) in [5, 5.41) is 0. The zero-order valence-electron chi connectivity index (χ0n) is 7.58. The Hall–Kier alpha value is -0.483. The number of halogens is 3. The predicted octanol–water partition coefficient (Wildman–Crippen LogP) is -1.17. The Kier molecular flexibility index (Phi) is 5.38. The number of para-hydroxylation sites is 1. The van der Waals surface area contributed by atoms with Gasteiger partial charge in [-0.05, 0) is 23.2 Å². The first-order chi connectivity index (χ1) is 6.40. The van der Waals surface area contributed by atoms with E-state index in [1.54, 1.807) is 0 Å². The number of alkyl halides is 3. The SMILES string of the molecule is O=S([O-])c1ccccc1OC(F)(F)F.[Li+]. The first kappa shape index (κ1) is 14.5. The van der Waals surface area contributed by atoms with Gasteiger partial charge in [-0.25, -0.2) is 0 Å². The summed E-state index contributed by atoms with van der Waals surface area (Å²) in [4.78, 5) is -0.523. The molecule has 0 aliphatic heterocycles. The van der Waals surface area contributed by atoms with Crippen molar-refractivity contribution in [1.29, 1.82) is 0 Å². The third-order valence-corrected chi connectivity index (χ3v) is 1.95. The predicted molar refractivity (Wildman–Crippen MR) is 40.3 cm³/mol. The van der Waals surface area contributed by atoms with E-state index in [2.05, 4.69) is 4.74 Å². The summed E-state index contributed by atoms with van der Waals surface area (Å²) in [6.07, 6.45) is -4.89. The average Bonchev–Trinajstić information content (AvgIpc) is 2.01. The summed E-state index contributed by atoms with van der Waals surface area (Å²) < 4.78 is 59.7. The fourth-order valence-corrected chi connectivity index (χ4v) is 1.26. The minimum Gasteiger partial charge on any atom is -0.768 e. The monoisotopic (exact) mass is 232 g/mol. The first-order valence-corrected chi connectivity index (χ1v) is 4.41. The van der Waals surface area contributed by atoms with Crippen molar-refractivity contribution < 1.29 is 45.5 Å². The van der Waals surface area contributed by atoms with E-state index in [0.29, 0.717) is 0 Å². The maximum absolute atomic E-state index is 11.8. The zero-order valence-corrected chi connectivity index (χ0v) is 8.39. The van der Waals surface area contributed by atoms with Crippen LogP contribution in [-0.4, -0.2) is 15.1 Å². The molecule has 1 aromatic carbocycles. The van der Waals surface area contributed by atoms with Crippen molar-refractivity contribution in [3.8, 4) is 5.75 Å². The van der Waals surface area contributed by atoms with E-state index in [0.717, 1.165) is 12.1 Å². The van der Waals surface area contributed by atoms with Gasteiger partial charge in [0.25, 0.3) is 0 Å². The summed E-state index contributed by atoms with van der Waals surface area (Å²) in [7, 11) is 0. The molecule has 0 aliphatic carbocycles. The van der Waals surface area contributed by atoms with E-state index >= 15 is 0 Å². The van der Waals surface area contributed by atoms with Crippen LogP contribution >= 0.6 is 0 Å². The molecule has 1 atom stereocenters. The molecular weight excluding hydrogens is 228 g/mol. The van der Waals surface area contributed by atoms with Gasteiger partial charge in [0.1, 0.15) is 5.75 Å². The second-order valence-corrected chi connectivity index (χ2v) is 3.14. The average molecular weight is 232 g/mol. The van der Waals surface area contributed by atoms with Gasteiger partial charge in [0, 0.05) is 0 Å². The molecule has 78 valence electrons. The fraction of sp³-hybridized carbons (Fsp3) is 0.143. The van der Waals surface area contributed by atoms with Gasteiger partial charge in [-0.2, -0.15) is 0 Å². The smallest absolute Gasteiger partial charge is 0.768 e. The molecule has 0 saturated carbocycles. The molecule has 0 fully saturated rings. The fourth-order valence-electron chi connectivity index (χ4n) is 0.797. The molecule has 1 aromatic rings. The van der Waals surface area contributed by atoms with E-state index in [4.69, 9.17) is 0 Å². The minimum atomic E-state index is -4.89. The molecule has 1 rings (SSSR count). The molecule has 0 heterocycles. The van der Waals surface area contributed by atoms with Crippen LogP contribution in [-0.2, 0) is 11.1 Å². The quantitative estimate of drug-likeness (QED) is 0.476. The molecule has 0 N–H and O–H groups in total. The van der Waals surface area contributed by atoms with Crippen LogP contribution in [0.4, 0.5) is 13.2 Å². The molecule has 1 unspecified atom stereocenters. The molecule has 0 saturated heterocycles. The molecule has 8 heteroatoms. The topological polar surface area (TPSA) is 49.4 Å². The third kappa shape index (κ3) is 4.71. The molecule has 0 radical (unpaired) electrons. The Balaban J connectivity index is 0.00000196. The van der Waals surface area contributed by atoms with E-state index in [1.807, 2.05) is 0 Å². The van der Waals surface area contributed by atoms with Crippen molar-refractivity contribution in [1.82, 2.24) is 0 Å². The first-order valence-electron chi connectivity index (χ1n) is 3.34. The van der Waals surface area contributed by atoms with Crippen LogP contribution in [0.15, 0.2) is 29.2 Å². The number of hydrogen-bond donors (Lipinski definition) is 0. The van der Waals surface area contributed by atoms with Crippen molar-refractivity contribution in [2.75, 3.05) is 0 Å². The Morgan fingerprint density at radius 3 is 2.27 bits per heavy atom. The van der Waals surface area contributed by atoms with Crippen LogP contribution in [0.3, 0.4) is 0 Å². The summed E-state index contributed by atoms with van der Waals surface area (Å²) in [5.74, 6) is -0.728. The summed E-state index contributed by atoms with van der Waals surface area (Å²) in [6.45, 7) is 0. The standard InChI is InChI=1S/C7H5F3O3S.Li/c8-7(9,10)13-5-3-1-2-4-6(5)14(11)12;/h1-4H,(H,11,12);/q;+1/p-1. The molecule has 0 aromatic heterocycles. The minimum absolute atomic E-state index is 0. The normalized spacial score (nSPS) is 12.8. The van der Waals surface area contributed by atoms with Gasteiger partial charge in [-0.1, -0.05) is 12.1 Å². The zero-order chi connectivity index (χ0) is 10.8. The van der Waals surface area contributed by atoms with E-state index in [1.165, 1.54) is 12.1 Å². The number of benzene rings is 1. The Morgan fingerprint density at radius 2 is 1.80 bits per heavy atom. The molecule has 0 amide bonds. The molecule has 15 heavy (non-hydrogen) atoms. The van der Waals surface area contributed by atoms with Gasteiger partial charge in [-0.15, -0.1) is 13.2 Å². The van der Waals surface area contributed by atoms with Crippen LogP contribution in [0.2, 0.25) is 0 Å². The molecule has 3 nitrogen and oxygen atoms in total. The van der Waals surface area contributed by atoms with Gasteiger partial charge < -0.3 is 9.29 Å². The Labute approximate surface area is 98.1 Å². The van der Waals surface area contributed by atoms with Gasteiger partial charge in [0.2, 0.25) is 0 Å².